The molecule has 0 aliphatic carbocycles. The highest BCUT2D eigenvalue weighted by atomic mass is 16.5. The van der Waals surface area contributed by atoms with Crippen molar-refractivity contribution in [3.63, 3.8) is 0 Å². The number of nitrogens with one attached hydrogen (secondary N) is 1. The number of anilines is 1. The minimum absolute atomic E-state index is 0.0732. The van der Waals surface area contributed by atoms with Gasteiger partial charge in [-0.25, -0.2) is 14.4 Å². The number of hydrogen-bond acceptors (Lipinski definition) is 8. The molecular weight excluding hydrogens is 430 g/mol. The second-order valence-corrected chi connectivity index (χ2v) is 7.12. The molecule has 1 heterocycles. The first-order chi connectivity index (χ1) is 15.8. The van der Waals surface area contributed by atoms with Gasteiger partial charge in [0.05, 0.1) is 25.3 Å². The Kier molecular flexibility index (Phi) is 7.45. The van der Waals surface area contributed by atoms with Crippen LogP contribution >= 0.6 is 0 Å². The lowest BCUT2D eigenvalue weighted by molar-refractivity contribution is -0.118. The quantitative estimate of drug-likeness (QED) is 0.407. The molecular formula is C24H23NO8. The van der Waals surface area contributed by atoms with Gasteiger partial charge < -0.3 is 23.9 Å². The molecule has 0 aliphatic rings. The van der Waals surface area contributed by atoms with E-state index < -0.39 is 23.5 Å². The topological polar surface area (TPSA) is 121 Å². The van der Waals surface area contributed by atoms with E-state index in [0.29, 0.717) is 11.3 Å². The zero-order valence-electron chi connectivity index (χ0n) is 18.4. The van der Waals surface area contributed by atoms with Crippen LogP contribution in [0.1, 0.15) is 39.6 Å². The van der Waals surface area contributed by atoms with Gasteiger partial charge in [0.1, 0.15) is 11.3 Å². The molecule has 1 N–H and O–H groups in total. The average molecular weight is 453 g/mol. The van der Waals surface area contributed by atoms with E-state index in [-0.39, 0.29) is 23.4 Å². The molecule has 172 valence electrons. The maximum atomic E-state index is 12.4. The van der Waals surface area contributed by atoms with Gasteiger partial charge >= 0.3 is 17.6 Å². The number of aryl methyl sites for hydroxylation is 1. The lowest BCUT2D eigenvalue weighted by atomic mass is 10.1. The highest BCUT2D eigenvalue weighted by Crippen LogP contribution is 2.24. The Balaban J connectivity index is 1.75. The Morgan fingerprint density at radius 3 is 2.21 bits per heavy atom. The van der Waals surface area contributed by atoms with Gasteiger partial charge in [-0.15, -0.1) is 0 Å². The van der Waals surface area contributed by atoms with E-state index >= 15 is 0 Å². The van der Waals surface area contributed by atoms with Crippen molar-refractivity contribution >= 4 is 34.5 Å². The molecule has 2 aromatic carbocycles. The summed E-state index contributed by atoms with van der Waals surface area (Å²) in [4.78, 5) is 48.0. The summed E-state index contributed by atoms with van der Waals surface area (Å²) in [6.45, 7) is 1.66. The third kappa shape index (κ3) is 5.76. The molecule has 0 radical (unpaired) electrons. The first kappa shape index (κ1) is 23.5. The SMILES string of the molecule is CCCc1cc(=O)oc2cc(OCC(=O)Nc3cc(C(=O)OC)cc(C(=O)OC)c3)ccc12. The van der Waals surface area contributed by atoms with Crippen LogP contribution in [0.5, 0.6) is 5.75 Å². The second-order valence-electron chi connectivity index (χ2n) is 7.12. The van der Waals surface area contributed by atoms with Crippen molar-refractivity contribution in [3.8, 4) is 5.75 Å². The van der Waals surface area contributed by atoms with Crippen molar-refractivity contribution in [2.75, 3.05) is 26.1 Å². The van der Waals surface area contributed by atoms with E-state index in [2.05, 4.69) is 14.8 Å². The molecule has 0 fully saturated rings. The van der Waals surface area contributed by atoms with Crippen LogP contribution in [-0.4, -0.2) is 38.7 Å². The number of methoxy groups -OCH3 is 2. The van der Waals surface area contributed by atoms with Crippen molar-refractivity contribution in [1.29, 1.82) is 0 Å². The average Bonchev–Trinajstić information content (AvgIpc) is 2.81. The molecule has 1 amide bonds. The lowest BCUT2D eigenvalue weighted by Crippen LogP contribution is -2.21. The molecule has 0 unspecified atom stereocenters. The number of ether oxygens (including phenoxy) is 3. The molecule has 3 rings (SSSR count). The molecule has 0 saturated carbocycles. The monoisotopic (exact) mass is 453 g/mol. The van der Waals surface area contributed by atoms with Crippen LogP contribution in [0.4, 0.5) is 5.69 Å². The fraction of sp³-hybridized carbons (Fsp3) is 0.250. The largest absolute Gasteiger partial charge is 0.484 e. The van der Waals surface area contributed by atoms with Crippen molar-refractivity contribution in [2.45, 2.75) is 19.8 Å². The summed E-state index contributed by atoms with van der Waals surface area (Å²) in [6, 6.07) is 10.5. The third-order valence-corrected chi connectivity index (χ3v) is 4.75. The third-order valence-electron chi connectivity index (χ3n) is 4.75. The molecule has 0 spiro atoms. The van der Waals surface area contributed by atoms with Crippen molar-refractivity contribution in [2.24, 2.45) is 0 Å². The zero-order chi connectivity index (χ0) is 24.0. The van der Waals surface area contributed by atoms with E-state index in [1.807, 2.05) is 6.92 Å². The summed E-state index contributed by atoms with van der Waals surface area (Å²) in [5.74, 6) is -1.54. The Labute approximate surface area is 189 Å². The smallest absolute Gasteiger partial charge is 0.337 e. The van der Waals surface area contributed by atoms with E-state index in [4.69, 9.17) is 9.15 Å². The van der Waals surface area contributed by atoms with Crippen LogP contribution < -0.4 is 15.7 Å². The van der Waals surface area contributed by atoms with Gasteiger partial charge in [-0.3, -0.25) is 4.79 Å². The molecule has 9 heteroatoms. The summed E-state index contributed by atoms with van der Waals surface area (Å²) >= 11 is 0. The Morgan fingerprint density at radius 2 is 1.61 bits per heavy atom. The number of fused-ring (bicyclic) bond motifs is 1. The zero-order valence-corrected chi connectivity index (χ0v) is 18.4. The Bertz CT molecular complexity index is 1230. The van der Waals surface area contributed by atoms with E-state index in [9.17, 15) is 19.2 Å². The predicted octanol–water partition coefficient (Wildman–Crippen LogP) is 3.34. The summed E-state index contributed by atoms with van der Waals surface area (Å²) in [5, 5.41) is 3.38. The summed E-state index contributed by atoms with van der Waals surface area (Å²) in [7, 11) is 2.41. The van der Waals surface area contributed by atoms with Crippen LogP contribution in [0.15, 0.2) is 51.7 Å². The van der Waals surface area contributed by atoms with Gasteiger partial charge in [-0.1, -0.05) is 13.3 Å². The van der Waals surface area contributed by atoms with Gasteiger partial charge in [0.2, 0.25) is 0 Å². The normalized spacial score (nSPS) is 10.5. The number of carbonyl (C=O) groups excluding carboxylic acids is 3. The Hall–Kier alpha value is -4.14. The number of rotatable bonds is 8. The molecule has 0 saturated heterocycles. The lowest BCUT2D eigenvalue weighted by Gasteiger charge is -2.11. The first-order valence-corrected chi connectivity index (χ1v) is 10.2. The van der Waals surface area contributed by atoms with Gasteiger partial charge in [-0.2, -0.15) is 0 Å². The van der Waals surface area contributed by atoms with E-state index in [1.165, 1.54) is 38.5 Å². The van der Waals surface area contributed by atoms with Gasteiger partial charge in [0.25, 0.3) is 5.91 Å². The van der Waals surface area contributed by atoms with Crippen LogP contribution in [0.25, 0.3) is 11.0 Å². The second kappa shape index (κ2) is 10.4. The summed E-state index contributed by atoms with van der Waals surface area (Å²) < 4.78 is 20.1. The number of carbonyl (C=O) groups is 3. The highest BCUT2D eigenvalue weighted by Gasteiger charge is 2.15. The van der Waals surface area contributed by atoms with Gasteiger partial charge in [-0.05, 0) is 42.3 Å². The van der Waals surface area contributed by atoms with Crippen molar-refractivity contribution in [1.82, 2.24) is 0 Å². The minimum Gasteiger partial charge on any atom is -0.484 e. The fourth-order valence-electron chi connectivity index (χ4n) is 3.29. The van der Waals surface area contributed by atoms with Crippen LogP contribution in [0.3, 0.4) is 0 Å². The Morgan fingerprint density at radius 1 is 0.939 bits per heavy atom. The molecule has 3 aromatic rings. The maximum absolute atomic E-state index is 12.4. The van der Waals surface area contributed by atoms with Crippen LogP contribution in [-0.2, 0) is 20.7 Å². The number of esters is 2. The summed E-state index contributed by atoms with van der Waals surface area (Å²) in [5.41, 5.74) is 1.15. The molecule has 0 atom stereocenters. The predicted molar refractivity (Wildman–Crippen MR) is 120 cm³/mol. The molecule has 33 heavy (non-hydrogen) atoms. The first-order valence-electron chi connectivity index (χ1n) is 10.2. The van der Waals surface area contributed by atoms with Gasteiger partial charge in [0, 0.05) is 23.2 Å². The number of hydrogen-bond donors (Lipinski definition) is 1. The number of amides is 1. The summed E-state index contributed by atoms with van der Waals surface area (Å²) in [6.07, 6.45) is 1.62. The van der Waals surface area contributed by atoms with Gasteiger partial charge in [0.15, 0.2) is 6.61 Å². The fourth-order valence-corrected chi connectivity index (χ4v) is 3.29. The standard InChI is InChI=1S/C24H23NO8/c1-4-5-14-11-22(27)33-20-12-18(6-7-19(14)20)32-13-21(26)25-17-9-15(23(28)30-2)8-16(10-17)24(29)31-3/h6-12H,4-5,13H2,1-3H3,(H,25,26). The van der Waals surface area contributed by atoms with E-state index in [0.717, 1.165) is 23.8 Å². The molecule has 9 nitrogen and oxygen atoms in total. The van der Waals surface area contributed by atoms with E-state index in [1.54, 1.807) is 18.2 Å². The van der Waals surface area contributed by atoms with Crippen molar-refractivity contribution < 1.29 is 33.0 Å². The molecule has 1 aromatic heterocycles. The van der Waals surface area contributed by atoms with Crippen LogP contribution in [0, 0.1) is 0 Å². The van der Waals surface area contributed by atoms with Crippen molar-refractivity contribution in [3.05, 3.63) is 69.6 Å². The highest BCUT2D eigenvalue weighted by molar-refractivity contribution is 5.99. The molecule has 0 aliphatic heterocycles. The maximum Gasteiger partial charge on any atom is 0.337 e. The minimum atomic E-state index is -0.674. The van der Waals surface area contributed by atoms with Crippen LogP contribution in [0.2, 0.25) is 0 Å². The molecule has 0 bridgehead atoms. The number of benzene rings is 2.